The van der Waals surface area contributed by atoms with Crippen molar-refractivity contribution < 1.29 is 18.7 Å². The molecule has 3 aromatic rings. The summed E-state index contributed by atoms with van der Waals surface area (Å²) >= 11 is 0. The van der Waals surface area contributed by atoms with E-state index in [1.807, 2.05) is 31.7 Å². The Labute approximate surface area is 234 Å². The van der Waals surface area contributed by atoms with E-state index in [1.165, 1.54) is 23.8 Å². The molecule has 2 aromatic carbocycles. The normalized spacial score (nSPS) is 15.9. The highest BCUT2D eigenvalue weighted by Gasteiger charge is 2.29. The number of rotatable bonds is 9. The second-order valence-corrected chi connectivity index (χ2v) is 10.7. The van der Waals surface area contributed by atoms with Crippen LogP contribution in [0, 0.1) is 19.7 Å². The third-order valence-corrected chi connectivity index (χ3v) is 7.36. The Kier molecular flexibility index (Phi) is 8.68. The van der Waals surface area contributed by atoms with Crippen molar-refractivity contribution in [3.8, 4) is 17.1 Å². The zero-order chi connectivity index (χ0) is 29.1. The summed E-state index contributed by atoms with van der Waals surface area (Å²) < 4.78 is 21.3. The number of ether oxygens (including phenoxy) is 1. The molecule has 2 amide bonds. The Bertz CT molecular complexity index is 1430. The molecule has 0 spiro atoms. The largest absolute Gasteiger partial charge is 0.488 e. The van der Waals surface area contributed by atoms with Gasteiger partial charge in [-0.1, -0.05) is 26.0 Å². The summed E-state index contributed by atoms with van der Waals surface area (Å²) in [7, 11) is 0. The highest BCUT2D eigenvalue weighted by atomic mass is 19.1. The van der Waals surface area contributed by atoms with E-state index in [4.69, 9.17) is 21.2 Å². The number of aryl methyl sites for hydroxylation is 2. The molecular weight excluding hydrogens is 511 g/mol. The SMILES string of the molecule is Cc1ccc(C(C)C)cc1OCc1c(C)nc(-c2cc(C(N)=O)ccc2F)nc1N1CCN(CC(N)=O)C(C)C1. The average Bonchev–Trinajstić information content (AvgIpc) is 2.89. The van der Waals surface area contributed by atoms with Crippen molar-refractivity contribution in [1.29, 1.82) is 0 Å². The number of primary amides is 2. The lowest BCUT2D eigenvalue weighted by Gasteiger charge is -2.40. The fourth-order valence-corrected chi connectivity index (χ4v) is 4.89. The summed E-state index contributed by atoms with van der Waals surface area (Å²) in [5.74, 6) is 0.310. The van der Waals surface area contributed by atoms with Gasteiger partial charge in [-0.3, -0.25) is 14.5 Å². The van der Waals surface area contributed by atoms with Crippen molar-refractivity contribution in [2.45, 2.75) is 53.2 Å². The lowest BCUT2D eigenvalue weighted by atomic mass is 10.0. The fourth-order valence-electron chi connectivity index (χ4n) is 4.89. The third kappa shape index (κ3) is 6.39. The zero-order valence-corrected chi connectivity index (χ0v) is 23.7. The van der Waals surface area contributed by atoms with Crippen LogP contribution in [0.25, 0.3) is 11.4 Å². The fraction of sp³-hybridized carbons (Fsp3) is 0.400. The maximum absolute atomic E-state index is 15.0. The summed E-state index contributed by atoms with van der Waals surface area (Å²) in [5, 5.41) is 0. The number of carbonyl (C=O) groups is 2. The predicted molar refractivity (Wildman–Crippen MR) is 153 cm³/mol. The van der Waals surface area contributed by atoms with E-state index in [0.717, 1.165) is 16.9 Å². The van der Waals surface area contributed by atoms with Crippen molar-refractivity contribution in [1.82, 2.24) is 14.9 Å². The molecule has 1 aromatic heterocycles. The average molecular weight is 549 g/mol. The van der Waals surface area contributed by atoms with E-state index in [-0.39, 0.29) is 42.1 Å². The summed E-state index contributed by atoms with van der Waals surface area (Å²) in [6, 6.07) is 10.1. The van der Waals surface area contributed by atoms with Gasteiger partial charge in [0.25, 0.3) is 0 Å². The highest BCUT2D eigenvalue weighted by Crippen LogP contribution is 2.31. The van der Waals surface area contributed by atoms with E-state index < -0.39 is 11.7 Å². The monoisotopic (exact) mass is 548 g/mol. The van der Waals surface area contributed by atoms with Crippen molar-refractivity contribution in [2.24, 2.45) is 11.5 Å². The molecule has 40 heavy (non-hydrogen) atoms. The number of hydrogen-bond donors (Lipinski definition) is 2. The van der Waals surface area contributed by atoms with E-state index in [1.54, 1.807) is 0 Å². The van der Waals surface area contributed by atoms with Crippen LogP contribution < -0.4 is 21.1 Å². The van der Waals surface area contributed by atoms with Crippen LogP contribution in [-0.4, -0.2) is 58.9 Å². The van der Waals surface area contributed by atoms with Gasteiger partial charge in [-0.2, -0.15) is 0 Å². The maximum Gasteiger partial charge on any atom is 0.248 e. The summed E-state index contributed by atoms with van der Waals surface area (Å²) in [6.45, 7) is 12.3. The van der Waals surface area contributed by atoms with Crippen molar-refractivity contribution in [3.05, 3.63) is 70.2 Å². The molecule has 10 heteroatoms. The Morgan fingerprint density at radius 1 is 1.10 bits per heavy atom. The van der Waals surface area contributed by atoms with E-state index in [0.29, 0.717) is 37.1 Å². The van der Waals surface area contributed by atoms with E-state index in [2.05, 4.69) is 35.9 Å². The van der Waals surface area contributed by atoms with Crippen LogP contribution in [0.3, 0.4) is 0 Å². The number of anilines is 1. The molecule has 0 radical (unpaired) electrons. The van der Waals surface area contributed by atoms with Crippen LogP contribution in [-0.2, 0) is 11.4 Å². The van der Waals surface area contributed by atoms with Gasteiger partial charge in [-0.05, 0) is 62.1 Å². The second kappa shape index (κ2) is 12.0. The first-order valence-electron chi connectivity index (χ1n) is 13.4. The van der Waals surface area contributed by atoms with Crippen LogP contribution in [0.2, 0.25) is 0 Å². The highest BCUT2D eigenvalue weighted by molar-refractivity contribution is 5.94. The Balaban J connectivity index is 1.75. The number of carbonyl (C=O) groups excluding carboxylic acids is 2. The van der Waals surface area contributed by atoms with Gasteiger partial charge in [0.1, 0.15) is 24.0 Å². The lowest BCUT2D eigenvalue weighted by Crippen LogP contribution is -2.54. The van der Waals surface area contributed by atoms with Gasteiger partial charge in [0, 0.05) is 31.2 Å². The first-order valence-corrected chi connectivity index (χ1v) is 13.4. The number of aromatic nitrogens is 2. The molecule has 1 fully saturated rings. The number of benzene rings is 2. The minimum absolute atomic E-state index is 0.0219. The molecule has 0 saturated carbocycles. The number of nitrogens with zero attached hydrogens (tertiary/aromatic N) is 4. The van der Waals surface area contributed by atoms with Gasteiger partial charge in [0.2, 0.25) is 11.8 Å². The molecular formula is C30H37FN6O3. The van der Waals surface area contributed by atoms with Gasteiger partial charge in [-0.25, -0.2) is 14.4 Å². The molecule has 1 atom stereocenters. The minimum atomic E-state index is -0.665. The topological polar surface area (TPSA) is 128 Å². The quantitative estimate of drug-likeness (QED) is 0.417. The summed E-state index contributed by atoms with van der Waals surface area (Å²) in [5.41, 5.74) is 14.7. The number of amides is 2. The first-order chi connectivity index (χ1) is 18.9. The van der Waals surface area contributed by atoms with Crippen LogP contribution in [0.4, 0.5) is 10.2 Å². The Morgan fingerprint density at radius 3 is 2.50 bits per heavy atom. The Hall–Kier alpha value is -4.05. The van der Waals surface area contributed by atoms with Gasteiger partial charge < -0.3 is 21.1 Å². The molecule has 0 bridgehead atoms. The minimum Gasteiger partial charge on any atom is -0.488 e. The lowest BCUT2D eigenvalue weighted by molar-refractivity contribution is -0.119. The molecule has 1 aliphatic heterocycles. The second-order valence-electron chi connectivity index (χ2n) is 10.7. The summed E-state index contributed by atoms with van der Waals surface area (Å²) in [6.07, 6.45) is 0. The summed E-state index contributed by atoms with van der Waals surface area (Å²) in [4.78, 5) is 36.9. The molecule has 2 heterocycles. The van der Waals surface area contributed by atoms with Crippen molar-refractivity contribution in [3.63, 3.8) is 0 Å². The van der Waals surface area contributed by atoms with Gasteiger partial charge in [-0.15, -0.1) is 0 Å². The van der Waals surface area contributed by atoms with Crippen LogP contribution in [0.5, 0.6) is 5.75 Å². The van der Waals surface area contributed by atoms with Gasteiger partial charge in [0.05, 0.1) is 23.4 Å². The molecule has 4 N–H and O–H groups in total. The van der Waals surface area contributed by atoms with Crippen LogP contribution in [0.15, 0.2) is 36.4 Å². The molecule has 0 aliphatic carbocycles. The number of piperazine rings is 1. The number of nitrogens with two attached hydrogens (primary N) is 2. The molecule has 1 aliphatic rings. The molecule has 1 saturated heterocycles. The number of halogens is 1. The van der Waals surface area contributed by atoms with Gasteiger partial charge >= 0.3 is 0 Å². The third-order valence-electron chi connectivity index (χ3n) is 7.36. The number of hydrogen-bond acceptors (Lipinski definition) is 7. The maximum atomic E-state index is 15.0. The van der Waals surface area contributed by atoms with Crippen molar-refractivity contribution >= 4 is 17.6 Å². The van der Waals surface area contributed by atoms with E-state index >= 15 is 0 Å². The first kappa shape index (κ1) is 28.9. The van der Waals surface area contributed by atoms with Crippen molar-refractivity contribution in [2.75, 3.05) is 31.1 Å². The Morgan fingerprint density at radius 2 is 1.85 bits per heavy atom. The molecule has 9 nitrogen and oxygen atoms in total. The van der Waals surface area contributed by atoms with Crippen LogP contribution >= 0.6 is 0 Å². The smallest absolute Gasteiger partial charge is 0.248 e. The van der Waals surface area contributed by atoms with Gasteiger partial charge in [0.15, 0.2) is 5.82 Å². The van der Waals surface area contributed by atoms with Crippen LogP contribution in [0.1, 0.15) is 59.4 Å². The standard InChI is InChI=1S/C30H37FN6O3/c1-17(2)21-7-6-18(3)26(13-21)40-16-24-20(5)34-29(23-12-22(28(33)39)8-9-25(23)31)35-30(24)37-11-10-36(15-27(32)38)19(4)14-37/h6-9,12-13,17,19H,10-11,14-16H2,1-5H3,(H2,32,38)(H2,33,39). The zero-order valence-electron chi connectivity index (χ0n) is 23.7. The molecule has 212 valence electrons. The molecule has 1 unspecified atom stereocenters. The predicted octanol–water partition coefficient (Wildman–Crippen LogP) is 3.70. The molecule has 4 rings (SSSR count). The van der Waals surface area contributed by atoms with E-state index in [9.17, 15) is 14.0 Å².